The van der Waals surface area contributed by atoms with Gasteiger partial charge < -0.3 is 0 Å². The molecule has 0 aliphatic carbocycles. The molecular formula is C16H10ClF3N2. The zero-order chi connectivity index (χ0) is 15.7. The molecule has 3 aromatic rings. The maximum atomic E-state index is 13.0. The van der Waals surface area contributed by atoms with E-state index in [2.05, 4.69) is 5.10 Å². The first-order valence-corrected chi connectivity index (χ1v) is 6.81. The molecule has 3 rings (SSSR count). The third kappa shape index (κ3) is 2.85. The van der Waals surface area contributed by atoms with Gasteiger partial charge >= 0.3 is 6.18 Å². The van der Waals surface area contributed by atoms with Gasteiger partial charge in [-0.25, -0.2) is 4.68 Å². The number of para-hydroxylation sites is 1. The van der Waals surface area contributed by atoms with Crippen LogP contribution in [0, 0.1) is 0 Å². The third-order valence-electron chi connectivity index (χ3n) is 3.14. The lowest BCUT2D eigenvalue weighted by Crippen LogP contribution is -2.07. The molecule has 22 heavy (non-hydrogen) atoms. The minimum atomic E-state index is -4.50. The molecular weight excluding hydrogens is 313 g/mol. The highest BCUT2D eigenvalue weighted by Crippen LogP contribution is 2.33. The Kier molecular flexibility index (Phi) is 3.66. The van der Waals surface area contributed by atoms with Crippen molar-refractivity contribution in [3.8, 4) is 16.9 Å². The summed E-state index contributed by atoms with van der Waals surface area (Å²) in [6.07, 6.45) is -4.50. The van der Waals surface area contributed by atoms with Gasteiger partial charge in [0, 0.05) is 10.6 Å². The first-order valence-electron chi connectivity index (χ1n) is 6.44. The smallest absolute Gasteiger partial charge is 0.233 e. The molecule has 1 heterocycles. The van der Waals surface area contributed by atoms with Gasteiger partial charge in [-0.3, -0.25) is 0 Å². The van der Waals surface area contributed by atoms with Crippen molar-refractivity contribution in [2.75, 3.05) is 0 Å². The Morgan fingerprint density at radius 3 is 2.14 bits per heavy atom. The summed E-state index contributed by atoms with van der Waals surface area (Å²) in [5.41, 5.74) is 0.593. The minimum Gasteiger partial charge on any atom is -0.233 e. The summed E-state index contributed by atoms with van der Waals surface area (Å²) in [6.45, 7) is 0. The summed E-state index contributed by atoms with van der Waals surface area (Å²) in [6, 6.07) is 16.3. The van der Waals surface area contributed by atoms with Crippen molar-refractivity contribution in [2.24, 2.45) is 0 Å². The fourth-order valence-electron chi connectivity index (χ4n) is 2.11. The molecule has 0 atom stereocenters. The molecule has 112 valence electrons. The van der Waals surface area contributed by atoms with Crippen LogP contribution in [-0.2, 0) is 6.18 Å². The Bertz CT molecular complexity index is 777. The molecule has 0 bridgehead atoms. The van der Waals surface area contributed by atoms with Crippen LogP contribution in [0.3, 0.4) is 0 Å². The third-order valence-corrected chi connectivity index (χ3v) is 3.39. The predicted molar refractivity (Wildman–Crippen MR) is 79.0 cm³/mol. The molecule has 2 aromatic carbocycles. The van der Waals surface area contributed by atoms with E-state index in [0.29, 0.717) is 22.0 Å². The molecule has 0 aliphatic rings. The van der Waals surface area contributed by atoms with Crippen LogP contribution < -0.4 is 0 Å². The number of hydrogen-bond acceptors (Lipinski definition) is 1. The summed E-state index contributed by atoms with van der Waals surface area (Å²) >= 11 is 5.83. The van der Waals surface area contributed by atoms with E-state index >= 15 is 0 Å². The van der Waals surface area contributed by atoms with Crippen molar-refractivity contribution >= 4 is 11.6 Å². The molecule has 0 unspecified atom stereocenters. The van der Waals surface area contributed by atoms with E-state index in [9.17, 15) is 13.2 Å². The maximum absolute atomic E-state index is 13.0. The largest absolute Gasteiger partial charge is 0.435 e. The number of rotatable bonds is 2. The van der Waals surface area contributed by atoms with Crippen LogP contribution in [0.2, 0.25) is 5.02 Å². The van der Waals surface area contributed by atoms with Crippen molar-refractivity contribution < 1.29 is 13.2 Å². The topological polar surface area (TPSA) is 17.8 Å². The van der Waals surface area contributed by atoms with Crippen LogP contribution in [0.15, 0.2) is 60.7 Å². The molecule has 0 radical (unpaired) electrons. The van der Waals surface area contributed by atoms with Gasteiger partial charge in [-0.1, -0.05) is 41.9 Å². The summed E-state index contributed by atoms with van der Waals surface area (Å²) < 4.78 is 40.2. The quantitative estimate of drug-likeness (QED) is 0.633. The Morgan fingerprint density at radius 2 is 1.55 bits per heavy atom. The first kappa shape index (κ1) is 14.7. The minimum absolute atomic E-state index is 0.357. The molecule has 1 aromatic heterocycles. The van der Waals surface area contributed by atoms with Gasteiger partial charge in [-0.15, -0.1) is 0 Å². The van der Waals surface area contributed by atoms with Gasteiger partial charge in [-0.2, -0.15) is 18.3 Å². The average molecular weight is 323 g/mol. The molecule has 0 spiro atoms. The molecule has 6 heteroatoms. The molecule has 0 saturated heterocycles. The van der Waals surface area contributed by atoms with Crippen LogP contribution in [0.4, 0.5) is 13.2 Å². The summed E-state index contributed by atoms with van der Waals surface area (Å²) in [5, 5.41) is 4.23. The van der Waals surface area contributed by atoms with E-state index < -0.39 is 11.9 Å². The molecule has 2 nitrogen and oxygen atoms in total. The predicted octanol–water partition coefficient (Wildman–Crippen LogP) is 5.21. The highest BCUT2D eigenvalue weighted by Gasteiger charge is 2.35. The number of halogens is 4. The Balaban J connectivity index is 2.19. The zero-order valence-corrected chi connectivity index (χ0v) is 11.9. The van der Waals surface area contributed by atoms with Gasteiger partial charge in [0.1, 0.15) is 0 Å². The monoisotopic (exact) mass is 322 g/mol. The molecule has 0 N–H and O–H groups in total. The normalized spacial score (nSPS) is 11.6. The summed E-state index contributed by atoms with van der Waals surface area (Å²) in [5.74, 6) is 0. The van der Waals surface area contributed by atoms with E-state index in [1.807, 2.05) is 0 Å². The van der Waals surface area contributed by atoms with Crippen LogP contribution >= 0.6 is 11.6 Å². The van der Waals surface area contributed by atoms with Gasteiger partial charge in [-0.05, 0) is 30.3 Å². The fourth-order valence-corrected chi connectivity index (χ4v) is 2.24. The standard InChI is InChI=1S/C16H10ClF3N2/c17-12-8-6-11(7-9-12)14-10-15(16(18,19)20)21-22(14)13-4-2-1-3-5-13/h1-10H. The fraction of sp³-hybridized carbons (Fsp3) is 0.0625. The second-order valence-electron chi connectivity index (χ2n) is 4.67. The van der Waals surface area contributed by atoms with E-state index in [1.54, 1.807) is 54.6 Å². The van der Waals surface area contributed by atoms with Crippen molar-refractivity contribution in [3.05, 3.63) is 71.4 Å². The van der Waals surface area contributed by atoms with E-state index in [-0.39, 0.29) is 0 Å². The number of nitrogens with zero attached hydrogens (tertiary/aromatic N) is 2. The first-order chi connectivity index (χ1) is 10.4. The lowest BCUT2D eigenvalue weighted by Gasteiger charge is -2.07. The Morgan fingerprint density at radius 1 is 0.909 bits per heavy atom. The van der Waals surface area contributed by atoms with Crippen molar-refractivity contribution in [3.63, 3.8) is 0 Å². The highest BCUT2D eigenvalue weighted by molar-refractivity contribution is 6.30. The number of alkyl halides is 3. The molecule has 0 amide bonds. The second kappa shape index (κ2) is 5.50. The zero-order valence-electron chi connectivity index (χ0n) is 11.2. The summed E-state index contributed by atoms with van der Waals surface area (Å²) in [4.78, 5) is 0. The lowest BCUT2D eigenvalue weighted by molar-refractivity contribution is -0.141. The molecule has 0 aliphatic heterocycles. The molecule has 0 saturated carbocycles. The van der Waals surface area contributed by atoms with E-state index in [0.717, 1.165) is 6.07 Å². The van der Waals surface area contributed by atoms with Crippen molar-refractivity contribution in [1.82, 2.24) is 9.78 Å². The Labute approximate surface area is 129 Å². The Hall–Kier alpha value is -2.27. The number of aromatic nitrogens is 2. The lowest BCUT2D eigenvalue weighted by atomic mass is 10.1. The van der Waals surface area contributed by atoms with Crippen molar-refractivity contribution in [2.45, 2.75) is 6.18 Å². The number of benzene rings is 2. The molecule has 0 fully saturated rings. The van der Waals surface area contributed by atoms with E-state index in [4.69, 9.17) is 11.6 Å². The average Bonchev–Trinajstić information content (AvgIpc) is 2.94. The van der Waals surface area contributed by atoms with Crippen LogP contribution in [0.5, 0.6) is 0 Å². The summed E-state index contributed by atoms with van der Waals surface area (Å²) in [7, 11) is 0. The highest BCUT2D eigenvalue weighted by atomic mass is 35.5. The van der Waals surface area contributed by atoms with Gasteiger partial charge in [0.05, 0.1) is 11.4 Å². The maximum Gasteiger partial charge on any atom is 0.435 e. The van der Waals surface area contributed by atoms with E-state index in [1.165, 1.54) is 4.68 Å². The van der Waals surface area contributed by atoms with Gasteiger partial charge in [0.15, 0.2) is 5.69 Å². The second-order valence-corrected chi connectivity index (χ2v) is 5.10. The SMILES string of the molecule is FC(F)(F)c1cc(-c2ccc(Cl)cc2)n(-c2ccccc2)n1. The van der Waals surface area contributed by atoms with Gasteiger partial charge in [0.25, 0.3) is 0 Å². The van der Waals surface area contributed by atoms with Gasteiger partial charge in [0.2, 0.25) is 0 Å². The number of hydrogen-bond donors (Lipinski definition) is 0. The van der Waals surface area contributed by atoms with Crippen molar-refractivity contribution in [1.29, 1.82) is 0 Å². The van der Waals surface area contributed by atoms with Crippen LogP contribution in [0.1, 0.15) is 5.69 Å². The van der Waals surface area contributed by atoms with Crippen LogP contribution in [0.25, 0.3) is 16.9 Å². The van der Waals surface area contributed by atoms with Crippen LogP contribution in [-0.4, -0.2) is 9.78 Å².